The molecule has 1 unspecified atom stereocenters. The van der Waals surface area contributed by atoms with E-state index in [-0.39, 0.29) is 12.7 Å². The minimum atomic E-state index is -4.03. The molecule has 9 heteroatoms. The average molecular weight is 508 g/mol. The number of aryl methyl sites for hydroxylation is 2. The quantitative estimate of drug-likeness (QED) is 0.236. The van der Waals surface area contributed by atoms with Gasteiger partial charge in [-0.25, -0.2) is 4.79 Å². The van der Waals surface area contributed by atoms with Gasteiger partial charge in [-0.2, -0.15) is 4.62 Å². The van der Waals surface area contributed by atoms with Gasteiger partial charge in [-0.15, -0.1) is 5.06 Å². The van der Waals surface area contributed by atoms with Crippen molar-refractivity contribution in [2.45, 2.75) is 66.4 Å². The SMILES string of the molecule is COCOc1ccc(Cc2c(C)cc(N(OP(C)(=O)O)C(=O)OC(C)(C)C)cc2C)cc1C(C)C. The molecule has 2 rings (SSSR count). The van der Waals surface area contributed by atoms with Crippen LogP contribution in [0.15, 0.2) is 30.3 Å². The number of methoxy groups -OCH3 is 1. The average Bonchev–Trinajstić information content (AvgIpc) is 2.71. The maximum Gasteiger partial charge on any atom is 0.439 e. The first-order chi connectivity index (χ1) is 16.1. The van der Waals surface area contributed by atoms with Gasteiger partial charge in [0, 0.05) is 13.8 Å². The van der Waals surface area contributed by atoms with Gasteiger partial charge in [0.2, 0.25) is 0 Å². The predicted molar refractivity (Wildman–Crippen MR) is 137 cm³/mol. The maximum atomic E-state index is 12.8. The van der Waals surface area contributed by atoms with Gasteiger partial charge in [-0.3, -0.25) is 4.57 Å². The highest BCUT2D eigenvalue weighted by molar-refractivity contribution is 7.52. The second-order valence-electron chi connectivity index (χ2n) is 9.97. The molecule has 1 amide bonds. The van der Waals surface area contributed by atoms with Crippen molar-refractivity contribution in [1.82, 2.24) is 0 Å². The third kappa shape index (κ3) is 8.65. The van der Waals surface area contributed by atoms with Crippen molar-refractivity contribution in [2.24, 2.45) is 0 Å². The third-order valence-electron chi connectivity index (χ3n) is 5.12. The number of carbonyl (C=O) groups excluding carboxylic acids is 1. The summed E-state index contributed by atoms with van der Waals surface area (Å²) in [5.74, 6) is 1.07. The normalized spacial score (nSPS) is 13.5. The molecular weight excluding hydrogens is 469 g/mol. The Labute approximate surface area is 208 Å². The standard InChI is InChI=1S/C26H38NO7P/c1-17(2)22-14-20(10-11-24(22)32-16-31-8)15-23-18(3)12-21(13-19(23)4)27(34-35(9,29)30)25(28)33-26(5,6)7/h10-14,17H,15-16H2,1-9H3,(H,29,30). The topological polar surface area (TPSA) is 94.5 Å². The number of carbonyl (C=O) groups is 1. The second kappa shape index (κ2) is 11.6. The van der Waals surface area contributed by atoms with E-state index in [1.54, 1.807) is 40.0 Å². The van der Waals surface area contributed by atoms with Crippen molar-refractivity contribution in [3.05, 3.63) is 58.1 Å². The number of rotatable bonds is 9. The monoisotopic (exact) mass is 507 g/mol. The fourth-order valence-corrected chi connectivity index (χ4v) is 4.09. The molecule has 2 aromatic carbocycles. The number of anilines is 1. The highest BCUT2D eigenvalue weighted by Gasteiger charge is 2.30. The molecule has 0 spiro atoms. The molecule has 194 valence electrons. The van der Waals surface area contributed by atoms with Crippen molar-refractivity contribution in [3.63, 3.8) is 0 Å². The Morgan fingerprint density at radius 2 is 1.71 bits per heavy atom. The van der Waals surface area contributed by atoms with E-state index >= 15 is 0 Å². The maximum absolute atomic E-state index is 12.8. The summed E-state index contributed by atoms with van der Waals surface area (Å²) in [7, 11) is -2.44. The molecule has 8 nitrogen and oxygen atoms in total. The van der Waals surface area contributed by atoms with Crippen molar-refractivity contribution in [2.75, 3.05) is 25.6 Å². The summed E-state index contributed by atoms with van der Waals surface area (Å²) in [4.78, 5) is 22.6. The summed E-state index contributed by atoms with van der Waals surface area (Å²) >= 11 is 0. The van der Waals surface area contributed by atoms with Crippen LogP contribution in [0.2, 0.25) is 0 Å². The predicted octanol–water partition coefficient (Wildman–Crippen LogP) is 6.49. The van der Waals surface area contributed by atoms with Crippen LogP contribution in [0, 0.1) is 13.8 Å². The van der Waals surface area contributed by atoms with E-state index in [1.165, 1.54) is 0 Å². The molecule has 1 N–H and O–H groups in total. The Kier molecular flexibility index (Phi) is 9.54. The Bertz CT molecular complexity index is 1060. The molecule has 0 aliphatic rings. The Morgan fingerprint density at radius 1 is 1.11 bits per heavy atom. The molecule has 0 radical (unpaired) electrons. The zero-order chi connectivity index (χ0) is 26.6. The summed E-state index contributed by atoms with van der Waals surface area (Å²) in [5, 5.41) is 0.759. The molecule has 0 fully saturated rings. The van der Waals surface area contributed by atoms with E-state index in [0.29, 0.717) is 12.1 Å². The Hall–Kier alpha value is -2.38. The van der Waals surface area contributed by atoms with Gasteiger partial charge in [0.05, 0.1) is 5.69 Å². The summed E-state index contributed by atoms with van der Waals surface area (Å²) in [6.07, 6.45) is -0.199. The lowest BCUT2D eigenvalue weighted by atomic mass is 9.92. The lowest BCUT2D eigenvalue weighted by Gasteiger charge is -2.28. The number of hydrogen-bond donors (Lipinski definition) is 1. The molecule has 0 aromatic heterocycles. The van der Waals surface area contributed by atoms with E-state index < -0.39 is 19.3 Å². The van der Waals surface area contributed by atoms with E-state index in [0.717, 1.165) is 45.3 Å². The minimum Gasteiger partial charge on any atom is -0.467 e. The Morgan fingerprint density at radius 3 is 2.20 bits per heavy atom. The van der Waals surface area contributed by atoms with Crippen LogP contribution in [-0.4, -0.2) is 37.2 Å². The lowest BCUT2D eigenvalue weighted by Crippen LogP contribution is -2.36. The van der Waals surface area contributed by atoms with Gasteiger partial charge in [0.25, 0.3) is 0 Å². The van der Waals surface area contributed by atoms with Crippen LogP contribution in [0.4, 0.5) is 10.5 Å². The summed E-state index contributed by atoms with van der Waals surface area (Å²) in [6.45, 7) is 14.4. The van der Waals surface area contributed by atoms with Crippen molar-refractivity contribution < 1.29 is 33.1 Å². The molecule has 0 aliphatic heterocycles. The van der Waals surface area contributed by atoms with Gasteiger partial charge in [-0.1, -0.05) is 26.0 Å². The van der Waals surface area contributed by atoms with Crippen molar-refractivity contribution >= 4 is 19.4 Å². The minimum absolute atomic E-state index is 0.188. The first-order valence-corrected chi connectivity index (χ1v) is 13.5. The zero-order valence-electron chi connectivity index (χ0n) is 22.2. The molecule has 35 heavy (non-hydrogen) atoms. The number of nitrogens with zero attached hydrogens (tertiary/aromatic N) is 1. The summed E-state index contributed by atoms with van der Waals surface area (Å²) in [5.41, 5.74) is 4.63. The van der Waals surface area contributed by atoms with Gasteiger partial charge in [0.1, 0.15) is 11.4 Å². The van der Waals surface area contributed by atoms with Gasteiger partial charge < -0.3 is 19.1 Å². The number of hydroxylamine groups is 1. The van der Waals surface area contributed by atoms with Crippen molar-refractivity contribution in [1.29, 1.82) is 0 Å². The molecular formula is C26H38NO7P. The molecule has 0 heterocycles. The first-order valence-electron chi connectivity index (χ1n) is 11.5. The van der Waals surface area contributed by atoms with E-state index in [1.807, 2.05) is 26.0 Å². The van der Waals surface area contributed by atoms with Crippen LogP contribution in [0.25, 0.3) is 0 Å². The van der Waals surface area contributed by atoms with Gasteiger partial charge >= 0.3 is 13.7 Å². The van der Waals surface area contributed by atoms with Crippen LogP contribution in [0.1, 0.15) is 68.4 Å². The second-order valence-corrected chi connectivity index (χ2v) is 11.7. The number of benzene rings is 2. The number of amides is 1. The number of ether oxygens (including phenoxy) is 3. The largest absolute Gasteiger partial charge is 0.467 e. The fraction of sp³-hybridized carbons (Fsp3) is 0.500. The van der Waals surface area contributed by atoms with Gasteiger partial charge in [-0.05, 0) is 93.0 Å². The molecule has 0 aliphatic carbocycles. The van der Waals surface area contributed by atoms with E-state index in [2.05, 4.69) is 19.9 Å². The summed E-state index contributed by atoms with van der Waals surface area (Å²) < 4.78 is 33.3. The van der Waals surface area contributed by atoms with Crippen molar-refractivity contribution in [3.8, 4) is 5.75 Å². The van der Waals surface area contributed by atoms with E-state index in [9.17, 15) is 14.3 Å². The van der Waals surface area contributed by atoms with Crippen LogP contribution in [-0.2, 0) is 25.1 Å². The number of hydrogen-bond acceptors (Lipinski definition) is 6. The Balaban J connectivity index is 2.41. The van der Waals surface area contributed by atoms with E-state index in [4.69, 9.17) is 18.8 Å². The van der Waals surface area contributed by atoms with Crippen LogP contribution in [0.3, 0.4) is 0 Å². The summed E-state index contributed by atoms with van der Waals surface area (Å²) in [6, 6.07) is 9.63. The highest BCUT2D eigenvalue weighted by Crippen LogP contribution is 2.41. The van der Waals surface area contributed by atoms with Gasteiger partial charge in [0.15, 0.2) is 6.79 Å². The smallest absolute Gasteiger partial charge is 0.439 e. The lowest BCUT2D eigenvalue weighted by molar-refractivity contribution is 0.0424. The highest BCUT2D eigenvalue weighted by atomic mass is 31.2. The molecule has 0 saturated carbocycles. The molecule has 0 saturated heterocycles. The van der Waals surface area contributed by atoms with Crippen LogP contribution in [0.5, 0.6) is 5.75 Å². The third-order valence-corrected chi connectivity index (χ3v) is 5.58. The molecule has 2 aromatic rings. The first kappa shape index (κ1) is 28.9. The van der Waals surface area contributed by atoms with Crippen LogP contribution >= 0.6 is 7.60 Å². The molecule has 0 bridgehead atoms. The van der Waals surface area contributed by atoms with Crippen LogP contribution < -0.4 is 9.80 Å². The zero-order valence-corrected chi connectivity index (χ0v) is 23.1. The fourth-order valence-electron chi connectivity index (χ4n) is 3.62. The molecule has 1 atom stereocenters.